The lowest BCUT2D eigenvalue weighted by Gasteiger charge is -2.34. The third-order valence-electron chi connectivity index (χ3n) is 5.45. The molecule has 1 fully saturated rings. The third-order valence-corrected chi connectivity index (χ3v) is 5.45. The van der Waals surface area contributed by atoms with Gasteiger partial charge in [-0.15, -0.1) is 0 Å². The molecular formula is C23H27NO3. The maximum absolute atomic E-state index is 12.7. The predicted octanol–water partition coefficient (Wildman–Crippen LogP) is 5.44. The average molecular weight is 365 g/mol. The summed E-state index contributed by atoms with van der Waals surface area (Å²) in [5.74, 6) is -0.762. The molecule has 4 heteroatoms. The summed E-state index contributed by atoms with van der Waals surface area (Å²) in [4.78, 5) is 25.8. The molecule has 0 saturated heterocycles. The molecule has 1 aliphatic rings. The molecule has 3 rings (SSSR count). The summed E-state index contributed by atoms with van der Waals surface area (Å²) in [5.41, 5.74) is 4.32. The molecule has 142 valence electrons. The number of aromatic carboxylic acids is 1. The molecule has 0 aliphatic heterocycles. The number of benzene rings is 2. The summed E-state index contributed by atoms with van der Waals surface area (Å²) in [6.07, 6.45) is 6.21. The Labute approximate surface area is 160 Å². The van der Waals surface area contributed by atoms with Gasteiger partial charge in [0.2, 0.25) is 5.91 Å². The maximum Gasteiger partial charge on any atom is 0.335 e. The second-order valence-corrected chi connectivity index (χ2v) is 7.29. The summed E-state index contributed by atoms with van der Waals surface area (Å²) in [7, 11) is 0. The number of aryl methyl sites for hydroxylation is 1. The van der Waals surface area contributed by atoms with Gasteiger partial charge in [0, 0.05) is 18.2 Å². The highest BCUT2D eigenvalue weighted by Gasteiger charge is 2.26. The number of carbonyl (C=O) groups excluding carboxylic acids is 1. The molecule has 0 bridgehead atoms. The van der Waals surface area contributed by atoms with Gasteiger partial charge in [0.25, 0.3) is 0 Å². The first-order valence-corrected chi connectivity index (χ1v) is 9.77. The van der Waals surface area contributed by atoms with Crippen molar-refractivity contribution in [2.75, 3.05) is 4.90 Å². The van der Waals surface area contributed by atoms with Gasteiger partial charge in [-0.1, -0.05) is 44.4 Å². The van der Waals surface area contributed by atoms with Crippen molar-refractivity contribution >= 4 is 17.6 Å². The Bertz CT molecular complexity index is 820. The van der Waals surface area contributed by atoms with Gasteiger partial charge in [0.15, 0.2) is 0 Å². The van der Waals surface area contributed by atoms with Crippen LogP contribution in [-0.4, -0.2) is 23.0 Å². The van der Waals surface area contributed by atoms with Crippen molar-refractivity contribution in [3.05, 3.63) is 53.6 Å². The molecule has 0 unspecified atom stereocenters. The molecule has 0 atom stereocenters. The Kier molecular flexibility index (Phi) is 5.94. The molecule has 1 saturated carbocycles. The number of amides is 1. The minimum absolute atomic E-state index is 0.165. The molecule has 1 aliphatic carbocycles. The van der Waals surface area contributed by atoms with Crippen LogP contribution in [0.3, 0.4) is 0 Å². The van der Waals surface area contributed by atoms with E-state index in [1.54, 1.807) is 12.1 Å². The van der Waals surface area contributed by atoms with E-state index in [1.165, 1.54) is 19.3 Å². The van der Waals surface area contributed by atoms with Crippen LogP contribution in [0.5, 0.6) is 0 Å². The van der Waals surface area contributed by atoms with Crippen LogP contribution < -0.4 is 4.90 Å². The monoisotopic (exact) mass is 365 g/mol. The summed E-state index contributed by atoms with van der Waals surface area (Å²) >= 11 is 0. The van der Waals surface area contributed by atoms with Gasteiger partial charge in [-0.3, -0.25) is 4.79 Å². The van der Waals surface area contributed by atoms with E-state index in [0.717, 1.165) is 35.2 Å². The number of hydrogen-bond donors (Lipinski definition) is 1. The molecule has 0 radical (unpaired) electrons. The minimum Gasteiger partial charge on any atom is -0.478 e. The predicted molar refractivity (Wildman–Crippen MR) is 108 cm³/mol. The average Bonchev–Trinajstić information content (AvgIpc) is 2.70. The quantitative estimate of drug-likeness (QED) is 0.768. The molecule has 0 aromatic heterocycles. The highest BCUT2D eigenvalue weighted by molar-refractivity contribution is 5.95. The van der Waals surface area contributed by atoms with Gasteiger partial charge in [-0.2, -0.15) is 0 Å². The van der Waals surface area contributed by atoms with Crippen molar-refractivity contribution < 1.29 is 14.7 Å². The van der Waals surface area contributed by atoms with E-state index < -0.39 is 5.97 Å². The Hall–Kier alpha value is -2.62. The molecule has 2 aromatic carbocycles. The molecule has 1 N–H and O–H groups in total. The smallest absolute Gasteiger partial charge is 0.335 e. The number of carbonyl (C=O) groups is 2. The van der Waals surface area contributed by atoms with E-state index in [0.29, 0.717) is 6.42 Å². The van der Waals surface area contributed by atoms with Gasteiger partial charge in [0.1, 0.15) is 0 Å². The first-order chi connectivity index (χ1) is 13.0. The number of carboxylic acid groups (broad SMARTS) is 1. The van der Waals surface area contributed by atoms with Gasteiger partial charge in [-0.05, 0) is 60.7 Å². The topological polar surface area (TPSA) is 57.6 Å². The number of nitrogens with zero attached hydrogens (tertiary/aromatic N) is 1. The summed E-state index contributed by atoms with van der Waals surface area (Å²) in [6.45, 7) is 3.95. The van der Waals surface area contributed by atoms with Crippen LogP contribution in [0.15, 0.2) is 42.5 Å². The zero-order chi connectivity index (χ0) is 19.4. The van der Waals surface area contributed by atoms with Crippen molar-refractivity contribution in [2.24, 2.45) is 0 Å². The van der Waals surface area contributed by atoms with Gasteiger partial charge in [-0.25, -0.2) is 4.79 Å². The molecule has 0 spiro atoms. The van der Waals surface area contributed by atoms with Crippen molar-refractivity contribution in [2.45, 2.75) is 58.4 Å². The van der Waals surface area contributed by atoms with Crippen LogP contribution in [0.2, 0.25) is 0 Å². The Morgan fingerprint density at radius 1 is 1.04 bits per heavy atom. The molecule has 4 nitrogen and oxygen atoms in total. The van der Waals surface area contributed by atoms with Crippen LogP contribution in [-0.2, 0) is 4.79 Å². The van der Waals surface area contributed by atoms with E-state index in [1.807, 2.05) is 36.9 Å². The third kappa shape index (κ3) is 4.21. The van der Waals surface area contributed by atoms with E-state index in [9.17, 15) is 9.59 Å². The standard InChI is InChI=1S/C23H27NO3/c1-3-22(25)24(19-7-5-4-6-8-19)20-14-9-16(2)21(15-20)17-10-12-18(13-11-17)23(26)27/h9-15,19H,3-8H2,1-2H3,(H,26,27). The largest absolute Gasteiger partial charge is 0.478 e. The van der Waals surface area contributed by atoms with E-state index in [-0.39, 0.29) is 17.5 Å². The summed E-state index contributed by atoms with van der Waals surface area (Å²) in [6, 6.07) is 13.4. The highest BCUT2D eigenvalue weighted by atomic mass is 16.4. The number of anilines is 1. The fourth-order valence-electron chi connectivity index (χ4n) is 3.93. The molecular weight excluding hydrogens is 338 g/mol. The normalized spacial score (nSPS) is 14.7. The van der Waals surface area contributed by atoms with Crippen LogP contribution in [0, 0.1) is 6.92 Å². The van der Waals surface area contributed by atoms with Crippen LogP contribution in [0.1, 0.15) is 61.4 Å². The number of hydrogen-bond acceptors (Lipinski definition) is 2. The molecule has 27 heavy (non-hydrogen) atoms. The van der Waals surface area contributed by atoms with E-state index in [4.69, 9.17) is 5.11 Å². The second-order valence-electron chi connectivity index (χ2n) is 7.29. The Morgan fingerprint density at radius 3 is 2.30 bits per heavy atom. The first-order valence-electron chi connectivity index (χ1n) is 9.77. The Morgan fingerprint density at radius 2 is 1.70 bits per heavy atom. The molecule has 0 heterocycles. The zero-order valence-corrected chi connectivity index (χ0v) is 16.1. The molecule has 2 aromatic rings. The SMILES string of the molecule is CCC(=O)N(c1ccc(C)c(-c2ccc(C(=O)O)cc2)c1)C1CCCCC1. The zero-order valence-electron chi connectivity index (χ0n) is 16.1. The van der Waals surface area contributed by atoms with Crippen LogP contribution in [0.4, 0.5) is 5.69 Å². The summed E-state index contributed by atoms with van der Waals surface area (Å²) in [5, 5.41) is 9.11. The van der Waals surface area contributed by atoms with Crippen LogP contribution >= 0.6 is 0 Å². The van der Waals surface area contributed by atoms with E-state index in [2.05, 4.69) is 12.1 Å². The van der Waals surface area contributed by atoms with Gasteiger partial charge in [0.05, 0.1) is 5.56 Å². The van der Waals surface area contributed by atoms with E-state index >= 15 is 0 Å². The van der Waals surface area contributed by atoms with Crippen LogP contribution in [0.25, 0.3) is 11.1 Å². The van der Waals surface area contributed by atoms with Crippen molar-refractivity contribution in [3.63, 3.8) is 0 Å². The lowest BCUT2D eigenvalue weighted by Crippen LogP contribution is -2.41. The number of carboxylic acids is 1. The van der Waals surface area contributed by atoms with Gasteiger partial charge >= 0.3 is 5.97 Å². The minimum atomic E-state index is -0.927. The lowest BCUT2D eigenvalue weighted by atomic mass is 9.92. The van der Waals surface area contributed by atoms with Gasteiger partial charge < -0.3 is 10.0 Å². The maximum atomic E-state index is 12.7. The Balaban J connectivity index is 1.99. The van der Waals surface area contributed by atoms with Crippen molar-refractivity contribution in [3.8, 4) is 11.1 Å². The highest BCUT2D eigenvalue weighted by Crippen LogP contribution is 2.33. The number of rotatable bonds is 5. The van der Waals surface area contributed by atoms with Crippen molar-refractivity contribution in [1.82, 2.24) is 0 Å². The molecule has 1 amide bonds. The van der Waals surface area contributed by atoms with Crippen molar-refractivity contribution in [1.29, 1.82) is 0 Å². The fraction of sp³-hybridized carbons (Fsp3) is 0.391. The summed E-state index contributed by atoms with van der Waals surface area (Å²) < 4.78 is 0. The second kappa shape index (κ2) is 8.38. The first kappa shape index (κ1) is 19.2. The lowest BCUT2D eigenvalue weighted by molar-refractivity contribution is -0.118. The fourth-order valence-corrected chi connectivity index (χ4v) is 3.93.